The van der Waals surface area contributed by atoms with E-state index >= 15 is 0 Å². The average molecular weight is 349 g/mol. The zero-order valence-electron chi connectivity index (χ0n) is 13.3. The van der Waals surface area contributed by atoms with Crippen LogP contribution < -0.4 is 0 Å². The van der Waals surface area contributed by atoms with Gasteiger partial charge in [-0.2, -0.15) is 0 Å². The summed E-state index contributed by atoms with van der Waals surface area (Å²) in [6.45, 7) is 7.52. The topological polar surface area (TPSA) is 47.3 Å². The van der Waals surface area contributed by atoms with E-state index in [0.717, 1.165) is 10.9 Å². The minimum absolute atomic E-state index is 0.0966. The van der Waals surface area contributed by atoms with Crippen molar-refractivity contribution in [3.63, 3.8) is 0 Å². The van der Waals surface area contributed by atoms with Crippen molar-refractivity contribution < 1.29 is 14.0 Å². The lowest BCUT2D eigenvalue weighted by Gasteiger charge is -2.17. The van der Waals surface area contributed by atoms with Crippen LogP contribution in [0.15, 0.2) is 47.9 Å². The lowest BCUT2D eigenvalue weighted by Crippen LogP contribution is -2.21. The van der Waals surface area contributed by atoms with Crippen LogP contribution in [0.1, 0.15) is 37.6 Å². The molecule has 4 heteroatoms. The van der Waals surface area contributed by atoms with Crippen LogP contribution in [0.4, 0.5) is 0 Å². The van der Waals surface area contributed by atoms with Gasteiger partial charge in [0.05, 0.1) is 11.4 Å². The summed E-state index contributed by atoms with van der Waals surface area (Å²) in [5.74, 6) is -0.209. The second-order valence-electron chi connectivity index (χ2n) is 5.77. The summed E-state index contributed by atoms with van der Waals surface area (Å²) in [5.41, 5.74) is 2.62. The molecule has 122 valence electrons. The van der Waals surface area contributed by atoms with Gasteiger partial charge in [-0.25, -0.2) is 0 Å². The molecule has 0 radical (unpaired) electrons. The van der Waals surface area contributed by atoms with E-state index in [-0.39, 0.29) is 11.4 Å². The van der Waals surface area contributed by atoms with Gasteiger partial charge in [0.1, 0.15) is 11.5 Å². The van der Waals surface area contributed by atoms with Gasteiger partial charge in [0.2, 0.25) is 11.6 Å². The molecular formula is C21H13ClO3. The highest BCUT2D eigenvalue weighted by Gasteiger charge is 2.37. The number of alkyl halides is 1. The van der Waals surface area contributed by atoms with Gasteiger partial charge in [-0.15, -0.1) is 11.6 Å². The molecule has 1 aliphatic carbocycles. The first-order valence-electron chi connectivity index (χ1n) is 7.74. The number of Topliss-reactive ketones (excluding diaryl/α,β-unsaturated/α-hetero) is 2. The highest BCUT2D eigenvalue weighted by Crippen LogP contribution is 2.42. The number of fused-ring (bicyclic) bond motifs is 5. The molecule has 1 aliphatic rings. The molecule has 3 aromatic rings. The van der Waals surface area contributed by atoms with Gasteiger partial charge in [-0.1, -0.05) is 49.6 Å². The highest BCUT2D eigenvalue weighted by atomic mass is 35.5. The second-order valence-corrected chi connectivity index (χ2v) is 6.04. The lowest BCUT2D eigenvalue weighted by atomic mass is 9.83. The Morgan fingerprint density at radius 1 is 0.960 bits per heavy atom. The third-order valence-electron chi connectivity index (χ3n) is 4.57. The van der Waals surface area contributed by atoms with E-state index in [1.807, 2.05) is 30.3 Å². The molecule has 0 amide bonds. The lowest BCUT2D eigenvalue weighted by molar-refractivity contribution is 0.0815. The number of rotatable bonds is 3. The van der Waals surface area contributed by atoms with Crippen molar-refractivity contribution in [2.24, 2.45) is 0 Å². The van der Waals surface area contributed by atoms with Crippen LogP contribution in [0.3, 0.4) is 0 Å². The van der Waals surface area contributed by atoms with Crippen molar-refractivity contribution in [2.45, 2.75) is 5.88 Å². The SMILES string of the molecule is C=Cc1c(CCl)oc2c1C(=O)C(=O)c1c-2ccc2c(C=C)cccc12. The minimum Gasteiger partial charge on any atom is -0.458 e. The van der Waals surface area contributed by atoms with E-state index in [1.54, 1.807) is 6.08 Å². The van der Waals surface area contributed by atoms with E-state index in [9.17, 15) is 9.59 Å². The Hall–Kier alpha value is -2.91. The van der Waals surface area contributed by atoms with Gasteiger partial charge >= 0.3 is 0 Å². The fraction of sp³-hybridized carbons (Fsp3) is 0.0476. The summed E-state index contributed by atoms with van der Waals surface area (Å²) in [6, 6.07) is 9.30. The molecule has 1 aromatic heterocycles. The molecular weight excluding hydrogens is 336 g/mol. The Kier molecular flexibility index (Phi) is 3.48. The van der Waals surface area contributed by atoms with Gasteiger partial charge in [-0.05, 0) is 22.4 Å². The van der Waals surface area contributed by atoms with E-state index in [0.29, 0.717) is 33.6 Å². The Morgan fingerprint density at radius 2 is 1.72 bits per heavy atom. The molecule has 0 atom stereocenters. The van der Waals surface area contributed by atoms with Crippen LogP contribution >= 0.6 is 11.6 Å². The van der Waals surface area contributed by atoms with Gasteiger partial charge in [-0.3, -0.25) is 9.59 Å². The zero-order valence-corrected chi connectivity index (χ0v) is 14.0. The predicted molar refractivity (Wildman–Crippen MR) is 100 cm³/mol. The van der Waals surface area contributed by atoms with Crippen molar-refractivity contribution in [3.8, 4) is 11.3 Å². The molecule has 3 nitrogen and oxygen atoms in total. The van der Waals surface area contributed by atoms with E-state index in [4.69, 9.17) is 16.0 Å². The number of carbonyl (C=O) groups is 2. The first-order valence-corrected chi connectivity index (χ1v) is 8.27. The Morgan fingerprint density at radius 3 is 2.40 bits per heavy atom. The maximum atomic E-state index is 12.9. The van der Waals surface area contributed by atoms with Gasteiger partial charge in [0, 0.05) is 16.7 Å². The van der Waals surface area contributed by atoms with Gasteiger partial charge in [0.15, 0.2) is 0 Å². The molecule has 25 heavy (non-hydrogen) atoms. The number of halogens is 1. The van der Waals surface area contributed by atoms with Crippen LogP contribution in [-0.4, -0.2) is 11.6 Å². The number of ketones is 2. The molecule has 0 saturated heterocycles. The number of benzene rings is 2. The fourth-order valence-corrected chi connectivity index (χ4v) is 3.64. The van der Waals surface area contributed by atoms with E-state index in [2.05, 4.69) is 13.2 Å². The Bertz CT molecular complexity index is 1100. The predicted octanol–water partition coefficient (Wildman–Crippen LogP) is 5.50. The van der Waals surface area contributed by atoms with Crippen molar-refractivity contribution in [1.29, 1.82) is 0 Å². The maximum absolute atomic E-state index is 12.9. The van der Waals surface area contributed by atoms with Crippen molar-refractivity contribution in [2.75, 3.05) is 0 Å². The fourth-order valence-electron chi connectivity index (χ4n) is 3.44. The monoisotopic (exact) mass is 348 g/mol. The summed E-state index contributed by atoms with van der Waals surface area (Å²) < 4.78 is 5.83. The first-order chi connectivity index (χ1) is 12.1. The number of carbonyl (C=O) groups excluding carboxylic acids is 2. The number of hydrogen-bond acceptors (Lipinski definition) is 3. The zero-order chi connectivity index (χ0) is 17.7. The summed E-state index contributed by atoms with van der Waals surface area (Å²) in [7, 11) is 0. The molecule has 0 bridgehead atoms. The third-order valence-corrected chi connectivity index (χ3v) is 4.81. The smallest absolute Gasteiger partial charge is 0.238 e. The average Bonchev–Trinajstić information content (AvgIpc) is 3.03. The first kappa shape index (κ1) is 15.6. The number of hydrogen-bond donors (Lipinski definition) is 0. The van der Waals surface area contributed by atoms with Crippen LogP contribution in [0.5, 0.6) is 0 Å². The maximum Gasteiger partial charge on any atom is 0.238 e. The third kappa shape index (κ3) is 1.99. The van der Waals surface area contributed by atoms with Crippen molar-refractivity contribution >= 4 is 46.1 Å². The van der Waals surface area contributed by atoms with Crippen molar-refractivity contribution in [3.05, 3.63) is 71.5 Å². The van der Waals surface area contributed by atoms with E-state index < -0.39 is 11.6 Å². The van der Waals surface area contributed by atoms with Crippen LogP contribution in [0.25, 0.3) is 34.2 Å². The standard InChI is InChI=1S/C21H13ClO3/c1-3-11-6-5-7-14-13(11)8-9-15-17(14)19(23)20(24)18-12(4-2)16(10-22)25-21(15)18/h3-9H,1-2,10H2. The largest absolute Gasteiger partial charge is 0.458 e. The van der Waals surface area contributed by atoms with Gasteiger partial charge in [0.25, 0.3) is 0 Å². The van der Waals surface area contributed by atoms with E-state index in [1.165, 1.54) is 6.08 Å². The normalized spacial score (nSPS) is 12.8. The Labute approximate surface area is 149 Å². The quantitative estimate of drug-likeness (QED) is 0.463. The molecule has 0 fully saturated rings. The van der Waals surface area contributed by atoms with Crippen LogP contribution in [0.2, 0.25) is 0 Å². The molecule has 2 aromatic carbocycles. The summed E-state index contributed by atoms with van der Waals surface area (Å²) in [6.07, 6.45) is 3.23. The molecule has 0 N–H and O–H groups in total. The summed E-state index contributed by atoms with van der Waals surface area (Å²) in [5, 5.41) is 1.58. The molecule has 1 heterocycles. The van der Waals surface area contributed by atoms with Gasteiger partial charge < -0.3 is 4.42 Å². The van der Waals surface area contributed by atoms with Crippen molar-refractivity contribution in [1.82, 2.24) is 0 Å². The van der Waals surface area contributed by atoms with Crippen LogP contribution in [-0.2, 0) is 5.88 Å². The molecule has 0 aliphatic heterocycles. The molecule has 0 spiro atoms. The second kappa shape index (κ2) is 5.57. The summed E-state index contributed by atoms with van der Waals surface area (Å²) in [4.78, 5) is 25.6. The number of furan rings is 1. The van der Waals surface area contributed by atoms with Crippen LogP contribution in [0, 0.1) is 0 Å². The minimum atomic E-state index is -0.589. The Balaban J connectivity index is 2.15. The molecule has 4 rings (SSSR count). The highest BCUT2D eigenvalue weighted by molar-refractivity contribution is 6.55. The molecule has 0 unspecified atom stereocenters. The summed E-state index contributed by atoms with van der Waals surface area (Å²) >= 11 is 5.93. The molecule has 0 saturated carbocycles.